The van der Waals surface area contributed by atoms with Crippen LogP contribution in [0.5, 0.6) is 0 Å². The van der Waals surface area contributed by atoms with Crippen molar-refractivity contribution in [3.63, 3.8) is 0 Å². The summed E-state index contributed by atoms with van der Waals surface area (Å²) in [6.07, 6.45) is -0.780. The van der Waals surface area contributed by atoms with Gasteiger partial charge < -0.3 is 9.74 Å². The SMILES string of the molecule is FC(F)(F)C1CCN(c2ncc(/C=N/OCc3ccc(Cl)cc3Cl)s2)CC1. The second-order valence-electron chi connectivity index (χ2n) is 6.09. The molecule has 0 N–H and O–H groups in total. The van der Waals surface area contributed by atoms with Crippen molar-refractivity contribution in [3.05, 3.63) is 44.9 Å². The molecule has 1 saturated heterocycles. The lowest BCUT2D eigenvalue weighted by atomic mass is 9.97. The summed E-state index contributed by atoms with van der Waals surface area (Å²) in [5.74, 6) is -1.22. The van der Waals surface area contributed by atoms with E-state index in [1.54, 1.807) is 24.4 Å². The minimum absolute atomic E-state index is 0.0947. The molecule has 0 spiro atoms. The summed E-state index contributed by atoms with van der Waals surface area (Å²) in [6, 6.07) is 5.10. The predicted octanol–water partition coefficient (Wildman–Crippen LogP) is 5.78. The van der Waals surface area contributed by atoms with Gasteiger partial charge in [-0.15, -0.1) is 0 Å². The Morgan fingerprint density at radius 3 is 2.70 bits per heavy atom. The van der Waals surface area contributed by atoms with Gasteiger partial charge in [-0.1, -0.05) is 45.8 Å². The number of nitrogens with zero attached hydrogens (tertiary/aromatic N) is 3. The molecule has 0 amide bonds. The fourth-order valence-corrected chi connectivity index (χ4v) is 4.01. The Kier molecular flexibility index (Phi) is 6.49. The van der Waals surface area contributed by atoms with E-state index < -0.39 is 12.1 Å². The molecule has 1 aliphatic heterocycles. The van der Waals surface area contributed by atoms with Crippen LogP contribution in [0.3, 0.4) is 0 Å². The van der Waals surface area contributed by atoms with Crippen LogP contribution in [0.15, 0.2) is 29.6 Å². The van der Waals surface area contributed by atoms with Crippen molar-refractivity contribution in [2.75, 3.05) is 18.0 Å². The third-order valence-electron chi connectivity index (χ3n) is 4.23. The fourth-order valence-electron chi connectivity index (χ4n) is 2.72. The number of hydrogen-bond donors (Lipinski definition) is 0. The van der Waals surface area contributed by atoms with E-state index in [-0.39, 0.29) is 19.4 Å². The Morgan fingerprint density at radius 2 is 2.04 bits per heavy atom. The van der Waals surface area contributed by atoms with Crippen LogP contribution in [0.4, 0.5) is 18.3 Å². The van der Waals surface area contributed by atoms with Gasteiger partial charge in [0.15, 0.2) is 5.13 Å². The lowest BCUT2D eigenvalue weighted by Crippen LogP contribution is -2.38. The smallest absolute Gasteiger partial charge is 0.391 e. The van der Waals surface area contributed by atoms with Crippen LogP contribution in [0.1, 0.15) is 23.3 Å². The molecule has 1 aromatic heterocycles. The first-order valence-electron chi connectivity index (χ1n) is 8.19. The molecule has 1 fully saturated rings. The summed E-state index contributed by atoms with van der Waals surface area (Å²) >= 11 is 13.2. The molecular weight excluding hydrogens is 422 g/mol. The van der Waals surface area contributed by atoms with E-state index in [1.807, 2.05) is 4.90 Å². The summed E-state index contributed by atoms with van der Waals surface area (Å²) in [4.78, 5) is 12.1. The molecule has 3 rings (SSSR count). The van der Waals surface area contributed by atoms with Gasteiger partial charge in [-0.25, -0.2) is 4.98 Å². The minimum atomic E-state index is -4.11. The number of benzene rings is 1. The Labute approximate surface area is 168 Å². The number of thiazole rings is 1. The second kappa shape index (κ2) is 8.67. The summed E-state index contributed by atoms with van der Waals surface area (Å²) in [7, 11) is 0. The van der Waals surface area contributed by atoms with Crippen LogP contribution >= 0.6 is 34.5 Å². The van der Waals surface area contributed by atoms with Crippen LogP contribution < -0.4 is 4.90 Å². The number of hydrogen-bond acceptors (Lipinski definition) is 5. The van der Waals surface area contributed by atoms with Crippen LogP contribution in [0, 0.1) is 5.92 Å². The lowest BCUT2D eigenvalue weighted by Gasteiger charge is -2.32. The number of oxime groups is 1. The zero-order chi connectivity index (χ0) is 19.4. The Hall–Kier alpha value is -1.51. The van der Waals surface area contributed by atoms with Gasteiger partial charge in [0.1, 0.15) is 6.61 Å². The molecule has 2 aromatic rings. The quantitative estimate of drug-likeness (QED) is 0.439. The van der Waals surface area contributed by atoms with Crippen molar-refractivity contribution in [3.8, 4) is 0 Å². The standard InChI is InChI=1S/C17H16Cl2F3N3OS/c18-13-2-1-11(15(19)7-13)10-26-24-9-14-8-23-16(27-14)25-5-3-12(4-6-25)17(20,21)22/h1-2,7-9,12H,3-6,10H2/b24-9+. The minimum Gasteiger partial charge on any atom is -0.391 e. The van der Waals surface area contributed by atoms with Crippen LogP contribution in [-0.2, 0) is 11.4 Å². The van der Waals surface area contributed by atoms with E-state index in [2.05, 4.69) is 10.1 Å². The fraction of sp³-hybridized carbons (Fsp3) is 0.412. The van der Waals surface area contributed by atoms with Crippen molar-refractivity contribution in [1.82, 2.24) is 4.98 Å². The van der Waals surface area contributed by atoms with Crippen molar-refractivity contribution in [2.24, 2.45) is 11.1 Å². The van der Waals surface area contributed by atoms with Crippen LogP contribution in [-0.4, -0.2) is 30.5 Å². The molecule has 4 nitrogen and oxygen atoms in total. The van der Waals surface area contributed by atoms with Gasteiger partial charge in [-0.05, 0) is 25.0 Å². The van der Waals surface area contributed by atoms with Gasteiger partial charge in [0.25, 0.3) is 0 Å². The first-order chi connectivity index (χ1) is 12.8. The van der Waals surface area contributed by atoms with Gasteiger partial charge in [-0.2, -0.15) is 13.2 Å². The molecule has 27 heavy (non-hydrogen) atoms. The Morgan fingerprint density at radius 1 is 1.30 bits per heavy atom. The van der Waals surface area contributed by atoms with Gasteiger partial charge in [0.05, 0.1) is 17.0 Å². The molecule has 0 unspecified atom stereocenters. The number of aromatic nitrogens is 1. The van der Waals surface area contributed by atoms with E-state index in [4.69, 9.17) is 28.0 Å². The van der Waals surface area contributed by atoms with Crippen molar-refractivity contribution < 1.29 is 18.0 Å². The Balaban J connectivity index is 1.50. The third-order valence-corrected chi connectivity index (χ3v) is 5.81. The predicted molar refractivity (Wildman–Crippen MR) is 102 cm³/mol. The zero-order valence-electron chi connectivity index (χ0n) is 14.0. The molecule has 146 valence electrons. The number of anilines is 1. The molecule has 0 atom stereocenters. The molecule has 0 saturated carbocycles. The topological polar surface area (TPSA) is 37.7 Å². The first kappa shape index (κ1) is 20.2. The average molecular weight is 438 g/mol. The van der Waals surface area contributed by atoms with Gasteiger partial charge in [-0.3, -0.25) is 0 Å². The highest BCUT2D eigenvalue weighted by Gasteiger charge is 2.41. The number of alkyl halides is 3. The molecule has 0 bridgehead atoms. The molecule has 10 heteroatoms. The van der Waals surface area contributed by atoms with Crippen LogP contribution in [0.25, 0.3) is 0 Å². The number of piperidine rings is 1. The van der Waals surface area contributed by atoms with Gasteiger partial charge >= 0.3 is 6.18 Å². The summed E-state index contributed by atoms with van der Waals surface area (Å²) in [5.41, 5.74) is 0.760. The van der Waals surface area contributed by atoms with Crippen LogP contribution in [0.2, 0.25) is 10.0 Å². The maximum atomic E-state index is 12.7. The molecule has 0 radical (unpaired) electrons. The van der Waals surface area contributed by atoms with Gasteiger partial charge in [0, 0.05) is 34.9 Å². The first-order valence-corrected chi connectivity index (χ1v) is 9.77. The zero-order valence-corrected chi connectivity index (χ0v) is 16.4. The van der Waals surface area contributed by atoms with Gasteiger partial charge in [0.2, 0.25) is 0 Å². The van der Waals surface area contributed by atoms with Crippen molar-refractivity contribution >= 4 is 45.9 Å². The lowest BCUT2D eigenvalue weighted by molar-refractivity contribution is -0.179. The highest BCUT2D eigenvalue weighted by atomic mass is 35.5. The molecular formula is C17H16Cl2F3N3OS. The van der Waals surface area contributed by atoms with E-state index in [0.29, 0.717) is 28.3 Å². The highest BCUT2D eigenvalue weighted by Crippen LogP contribution is 2.36. The summed E-state index contributed by atoms with van der Waals surface area (Å²) in [6.45, 7) is 0.892. The van der Waals surface area contributed by atoms with E-state index in [1.165, 1.54) is 17.6 Å². The van der Waals surface area contributed by atoms with Crippen molar-refractivity contribution in [2.45, 2.75) is 25.6 Å². The maximum Gasteiger partial charge on any atom is 0.391 e. The normalized spacial score (nSPS) is 16.3. The van der Waals surface area contributed by atoms with Crippen molar-refractivity contribution in [1.29, 1.82) is 0 Å². The highest BCUT2D eigenvalue weighted by molar-refractivity contribution is 7.17. The molecule has 2 heterocycles. The number of rotatable bonds is 5. The summed E-state index contributed by atoms with van der Waals surface area (Å²) < 4.78 is 38.2. The molecule has 1 aromatic carbocycles. The molecule has 0 aliphatic carbocycles. The largest absolute Gasteiger partial charge is 0.391 e. The second-order valence-corrected chi connectivity index (χ2v) is 7.98. The van der Waals surface area contributed by atoms with E-state index in [9.17, 15) is 13.2 Å². The monoisotopic (exact) mass is 437 g/mol. The third kappa shape index (κ3) is 5.49. The Bertz CT molecular complexity index is 805. The van der Waals surface area contributed by atoms with E-state index in [0.717, 1.165) is 10.4 Å². The molecule has 1 aliphatic rings. The number of halogens is 5. The maximum absolute atomic E-state index is 12.7. The average Bonchev–Trinajstić information content (AvgIpc) is 3.08. The van der Waals surface area contributed by atoms with E-state index >= 15 is 0 Å². The summed E-state index contributed by atoms with van der Waals surface area (Å²) in [5, 5.41) is 5.63.